The van der Waals surface area contributed by atoms with Crippen LogP contribution in [0.5, 0.6) is 0 Å². The van der Waals surface area contributed by atoms with Crippen molar-refractivity contribution >= 4 is 17.9 Å². The highest BCUT2D eigenvalue weighted by Crippen LogP contribution is 2.12. The number of unbranched alkanes of at least 4 members (excludes halogenated alkanes) is 6. The van der Waals surface area contributed by atoms with Gasteiger partial charge in [-0.05, 0) is 18.9 Å². The highest BCUT2D eigenvalue weighted by molar-refractivity contribution is 5.73. The smallest absolute Gasteiger partial charge is 0.359 e. The number of hydrogen-bond acceptors (Lipinski definition) is 3. The molecule has 0 bridgehead atoms. The van der Waals surface area contributed by atoms with Gasteiger partial charge in [0.2, 0.25) is 0 Å². The maximum absolute atomic E-state index is 11.0. The van der Waals surface area contributed by atoms with Gasteiger partial charge in [0.05, 0.1) is 6.20 Å². The van der Waals surface area contributed by atoms with Crippen LogP contribution in [0.15, 0.2) is 12.3 Å². The molecule has 0 saturated heterocycles. The number of rotatable bonds is 14. The predicted molar refractivity (Wildman–Crippen MR) is 84.9 cm³/mol. The first-order valence-corrected chi connectivity index (χ1v) is 8.00. The minimum Gasteiger partial charge on any atom is -0.477 e. The maximum atomic E-state index is 11.0. The van der Waals surface area contributed by atoms with Crippen LogP contribution in [0.3, 0.4) is 0 Å². The third-order valence-electron chi connectivity index (χ3n) is 3.50. The lowest BCUT2D eigenvalue weighted by Gasteiger charge is -2.29. The van der Waals surface area contributed by atoms with Crippen molar-refractivity contribution in [3.8, 4) is 0 Å². The lowest BCUT2D eigenvalue weighted by molar-refractivity contribution is -0.857. The molecule has 0 spiro atoms. The van der Waals surface area contributed by atoms with Gasteiger partial charge in [0, 0.05) is 0 Å². The molecule has 0 aliphatic carbocycles. The van der Waals surface area contributed by atoms with Gasteiger partial charge in [-0.25, -0.2) is 14.4 Å². The van der Waals surface area contributed by atoms with Gasteiger partial charge in [-0.2, -0.15) is 0 Å². The van der Waals surface area contributed by atoms with Crippen LogP contribution in [-0.2, 0) is 14.4 Å². The Morgan fingerprint density at radius 2 is 1.22 bits per heavy atom. The summed E-state index contributed by atoms with van der Waals surface area (Å²) in [5, 5.41) is 26.9. The molecule has 0 radical (unpaired) electrons. The summed E-state index contributed by atoms with van der Waals surface area (Å²) in [6, 6.07) is 0. The van der Waals surface area contributed by atoms with Crippen molar-refractivity contribution in [3.05, 3.63) is 12.3 Å². The summed E-state index contributed by atoms with van der Waals surface area (Å²) < 4.78 is -0.615. The van der Waals surface area contributed by atoms with Crippen molar-refractivity contribution in [1.82, 2.24) is 0 Å². The minimum absolute atomic E-state index is 0.564. The van der Waals surface area contributed by atoms with E-state index in [1.165, 1.54) is 25.5 Å². The fourth-order valence-electron chi connectivity index (χ4n) is 2.47. The van der Waals surface area contributed by atoms with Crippen LogP contribution in [0, 0.1) is 0 Å². The van der Waals surface area contributed by atoms with Gasteiger partial charge >= 0.3 is 17.9 Å². The van der Waals surface area contributed by atoms with Crippen LogP contribution in [-0.4, -0.2) is 57.3 Å². The van der Waals surface area contributed by atoms with Crippen LogP contribution in [0.25, 0.3) is 0 Å². The molecular weight excluding hydrogens is 302 g/mol. The summed E-state index contributed by atoms with van der Waals surface area (Å²) in [6.07, 6.45) is 10.5. The number of carboxylic acid groups (broad SMARTS) is 3. The van der Waals surface area contributed by atoms with Gasteiger partial charge in [-0.15, -0.1) is 0 Å². The molecule has 3 N–H and O–H groups in total. The van der Waals surface area contributed by atoms with Crippen molar-refractivity contribution in [1.29, 1.82) is 0 Å². The van der Waals surface area contributed by atoms with Gasteiger partial charge in [0.15, 0.2) is 19.6 Å². The number of carboxylic acids is 3. The van der Waals surface area contributed by atoms with E-state index in [1.54, 1.807) is 6.08 Å². The van der Waals surface area contributed by atoms with Crippen molar-refractivity contribution in [2.75, 3.05) is 19.6 Å². The first-order valence-electron chi connectivity index (χ1n) is 8.00. The first kappa shape index (κ1) is 21.1. The van der Waals surface area contributed by atoms with Crippen LogP contribution >= 0.6 is 0 Å². The summed E-state index contributed by atoms with van der Waals surface area (Å²) in [6.45, 7) is 0.455. The lowest BCUT2D eigenvalue weighted by Crippen LogP contribution is -2.52. The number of nitrogens with zero attached hydrogens (tertiary/aromatic N) is 1. The van der Waals surface area contributed by atoms with Crippen molar-refractivity contribution < 1.29 is 34.2 Å². The molecule has 23 heavy (non-hydrogen) atoms. The normalized spacial score (nSPS) is 11.7. The summed E-state index contributed by atoms with van der Waals surface area (Å²) >= 11 is 0. The maximum Gasteiger partial charge on any atom is 0.359 e. The monoisotopic (exact) mass is 330 g/mol. The molecular formula is C16H28NO6+. The average Bonchev–Trinajstić information content (AvgIpc) is 2.39. The molecule has 7 heteroatoms. The molecule has 0 aliphatic heterocycles. The molecule has 0 heterocycles. The number of hydrogen-bond donors (Lipinski definition) is 3. The highest BCUT2D eigenvalue weighted by atomic mass is 16.4. The van der Waals surface area contributed by atoms with Crippen LogP contribution < -0.4 is 0 Å². The third kappa shape index (κ3) is 11.3. The molecule has 0 unspecified atom stereocenters. The molecule has 0 fully saturated rings. The Morgan fingerprint density at radius 3 is 1.65 bits per heavy atom. The molecule has 0 saturated carbocycles. The Bertz CT molecular complexity index is 378. The van der Waals surface area contributed by atoms with Gasteiger partial charge < -0.3 is 15.3 Å². The topological polar surface area (TPSA) is 112 Å². The van der Waals surface area contributed by atoms with Crippen LogP contribution in [0.4, 0.5) is 0 Å². The average molecular weight is 330 g/mol. The lowest BCUT2D eigenvalue weighted by atomic mass is 10.1. The van der Waals surface area contributed by atoms with Gasteiger partial charge in [0.25, 0.3) is 0 Å². The Balaban J connectivity index is 4.64. The highest BCUT2D eigenvalue weighted by Gasteiger charge is 2.34. The zero-order valence-corrected chi connectivity index (χ0v) is 13.7. The molecule has 0 atom stereocenters. The molecule has 132 valence electrons. The van der Waals surface area contributed by atoms with E-state index in [4.69, 9.17) is 15.3 Å². The fraction of sp³-hybridized carbons (Fsp3) is 0.688. The standard InChI is InChI=1S/C16H27NO6/c1-2-3-4-5-6-7-8-9-10-17(11-14(18)19,12-15(20)21)13-16(22)23/h9-10H,2-8,11-13H2,1H3,(H2-,18,19,20,21,22,23)/p+1/b10-9+. The van der Waals surface area contributed by atoms with Crippen molar-refractivity contribution in [2.45, 2.75) is 51.9 Å². The second-order valence-corrected chi connectivity index (χ2v) is 5.82. The molecule has 0 aliphatic rings. The van der Waals surface area contributed by atoms with Crippen LogP contribution in [0.1, 0.15) is 51.9 Å². The quantitative estimate of drug-likeness (QED) is 0.333. The predicted octanol–water partition coefficient (Wildman–Crippen LogP) is 2.32. The van der Waals surface area contributed by atoms with Gasteiger partial charge in [-0.1, -0.05) is 39.0 Å². The second kappa shape index (κ2) is 11.6. The van der Waals surface area contributed by atoms with E-state index < -0.39 is 42.0 Å². The van der Waals surface area contributed by atoms with E-state index >= 15 is 0 Å². The van der Waals surface area contributed by atoms with Gasteiger partial charge in [-0.3, -0.25) is 4.48 Å². The number of aliphatic carboxylic acids is 3. The van der Waals surface area contributed by atoms with Crippen LogP contribution in [0.2, 0.25) is 0 Å². The largest absolute Gasteiger partial charge is 0.477 e. The van der Waals surface area contributed by atoms with E-state index in [-0.39, 0.29) is 0 Å². The summed E-state index contributed by atoms with van der Waals surface area (Å²) in [5.41, 5.74) is 0. The number of carbonyl (C=O) groups is 3. The zero-order valence-electron chi connectivity index (χ0n) is 13.7. The van der Waals surface area contributed by atoms with E-state index in [2.05, 4.69) is 6.92 Å². The van der Waals surface area contributed by atoms with E-state index in [0.29, 0.717) is 6.42 Å². The molecule has 7 nitrogen and oxygen atoms in total. The van der Waals surface area contributed by atoms with Crippen molar-refractivity contribution in [2.24, 2.45) is 0 Å². The molecule has 0 aromatic rings. The first-order chi connectivity index (χ1) is 10.8. The molecule has 0 aromatic heterocycles. The van der Waals surface area contributed by atoms with Gasteiger partial charge in [0.1, 0.15) is 0 Å². The zero-order chi connectivity index (χ0) is 17.7. The van der Waals surface area contributed by atoms with E-state index in [1.807, 2.05) is 0 Å². The Morgan fingerprint density at radius 1 is 0.783 bits per heavy atom. The number of allylic oxidation sites excluding steroid dienone is 1. The third-order valence-corrected chi connectivity index (χ3v) is 3.50. The fourth-order valence-corrected chi connectivity index (χ4v) is 2.47. The Labute approximate surface area is 136 Å². The minimum atomic E-state index is -1.23. The molecule has 0 aromatic carbocycles. The Kier molecular flexibility index (Phi) is 10.7. The second-order valence-electron chi connectivity index (χ2n) is 5.82. The van der Waals surface area contributed by atoms with E-state index in [9.17, 15) is 14.4 Å². The van der Waals surface area contributed by atoms with Crippen molar-refractivity contribution in [3.63, 3.8) is 0 Å². The number of quaternary nitrogens is 1. The summed E-state index contributed by atoms with van der Waals surface area (Å²) in [5.74, 6) is -3.68. The molecule has 0 rings (SSSR count). The SMILES string of the molecule is CCCCCCCC/C=C/[N+](CC(=O)O)(CC(=O)O)CC(=O)O. The summed E-state index contributed by atoms with van der Waals surface area (Å²) in [7, 11) is 0. The molecule has 0 amide bonds. The summed E-state index contributed by atoms with van der Waals surface area (Å²) in [4.78, 5) is 32.9. The Hall–Kier alpha value is -1.89. The van der Waals surface area contributed by atoms with E-state index in [0.717, 1.165) is 19.3 Å².